The van der Waals surface area contributed by atoms with E-state index in [2.05, 4.69) is 0 Å². The number of benzene rings is 1. The van der Waals surface area contributed by atoms with E-state index in [4.69, 9.17) is 17.3 Å². The van der Waals surface area contributed by atoms with Gasteiger partial charge in [-0.2, -0.15) is 0 Å². The van der Waals surface area contributed by atoms with Crippen LogP contribution in [0.1, 0.15) is 18.4 Å². The van der Waals surface area contributed by atoms with Crippen LogP contribution in [0, 0.1) is 0 Å². The fourth-order valence-corrected chi connectivity index (χ4v) is 1.95. The molecule has 17 heavy (non-hydrogen) atoms. The number of rotatable bonds is 3. The van der Waals surface area contributed by atoms with Crippen LogP contribution in [0.5, 0.6) is 0 Å². The molecule has 1 heterocycles. The van der Waals surface area contributed by atoms with Gasteiger partial charge in [-0.1, -0.05) is 17.7 Å². The molecule has 0 spiro atoms. The first-order valence-corrected chi connectivity index (χ1v) is 5.69. The standard InChI is InChI=1S/C13H13ClN2O/c1-9(13(15)17)10-4-5-12(11(14)8-10)16-6-2-3-7-16/h2-9H,1H3,(H2,15,17). The molecule has 1 atom stereocenters. The molecule has 2 N–H and O–H groups in total. The molecule has 0 aliphatic carbocycles. The lowest BCUT2D eigenvalue weighted by Crippen LogP contribution is -2.18. The first-order valence-electron chi connectivity index (χ1n) is 5.31. The van der Waals surface area contributed by atoms with Crippen molar-refractivity contribution in [2.75, 3.05) is 0 Å². The van der Waals surface area contributed by atoms with E-state index in [0.29, 0.717) is 5.02 Å². The minimum atomic E-state index is -0.352. The Bertz CT molecular complexity index is 534. The molecule has 0 aliphatic heterocycles. The van der Waals surface area contributed by atoms with Crippen LogP contribution in [-0.4, -0.2) is 10.5 Å². The summed E-state index contributed by atoms with van der Waals surface area (Å²) in [6.07, 6.45) is 3.83. The minimum Gasteiger partial charge on any atom is -0.369 e. The van der Waals surface area contributed by atoms with Gasteiger partial charge in [0.15, 0.2) is 0 Å². The van der Waals surface area contributed by atoms with Crippen LogP contribution >= 0.6 is 11.6 Å². The van der Waals surface area contributed by atoms with Crippen molar-refractivity contribution in [1.29, 1.82) is 0 Å². The SMILES string of the molecule is CC(C(N)=O)c1ccc(-n2cccc2)c(Cl)c1. The molecule has 1 unspecified atom stereocenters. The number of hydrogen-bond donors (Lipinski definition) is 1. The smallest absolute Gasteiger partial charge is 0.224 e. The number of nitrogens with zero attached hydrogens (tertiary/aromatic N) is 1. The lowest BCUT2D eigenvalue weighted by molar-refractivity contribution is -0.119. The molecule has 0 fully saturated rings. The highest BCUT2D eigenvalue weighted by Gasteiger charge is 2.13. The van der Waals surface area contributed by atoms with Gasteiger partial charge in [-0.05, 0) is 36.8 Å². The zero-order chi connectivity index (χ0) is 12.4. The van der Waals surface area contributed by atoms with Crippen molar-refractivity contribution in [1.82, 2.24) is 4.57 Å². The predicted molar refractivity (Wildman–Crippen MR) is 68.4 cm³/mol. The molecule has 4 heteroatoms. The Labute approximate surface area is 105 Å². The normalized spacial score (nSPS) is 12.4. The molecular formula is C13H13ClN2O. The van der Waals surface area contributed by atoms with Crippen molar-refractivity contribution < 1.29 is 4.79 Å². The van der Waals surface area contributed by atoms with Crippen LogP contribution in [0.3, 0.4) is 0 Å². The molecule has 0 radical (unpaired) electrons. The first kappa shape index (κ1) is 11.7. The molecule has 1 aromatic heterocycles. The van der Waals surface area contributed by atoms with Gasteiger partial charge in [-0.3, -0.25) is 4.79 Å². The maximum atomic E-state index is 11.1. The number of amides is 1. The van der Waals surface area contributed by atoms with Crippen LogP contribution in [0.15, 0.2) is 42.7 Å². The zero-order valence-corrected chi connectivity index (χ0v) is 10.2. The van der Waals surface area contributed by atoms with Crippen molar-refractivity contribution in [3.8, 4) is 5.69 Å². The molecule has 3 nitrogen and oxygen atoms in total. The molecule has 0 bridgehead atoms. The molecule has 2 rings (SSSR count). The maximum Gasteiger partial charge on any atom is 0.224 e. The molecule has 88 valence electrons. The Morgan fingerprint density at radius 2 is 2.00 bits per heavy atom. The van der Waals surface area contributed by atoms with Gasteiger partial charge in [0.1, 0.15) is 0 Å². The molecule has 0 aliphatic rings. The second kappa shape index (κ2) is 4.63. The topological polar surface area (TPSA) is 48.0 Å². The molecule has 2 aromatic rings. The van der Waals surface area contributed by atoms with Crippen molar-refractivity contribution >= 4 is 17.5 Å². The highest BCUT2D eigenvalue weighted by atomic mass is 35.5. The van der Waals surface area contributed by atoms with Gasteiger partial charge in [0.05, 0.1) is 16.6 Å². The highest BCUT2D eigenvalue weighted by Crippen LogP contribution is 2.25. The Balaban J connectivity index is 2.39. The van der Waals surface area contributed by atoms with Crippen LogP contribution in [0.2, 0.25) is 5.02 Å². The van der Waals surface area contributed by atoms with Gasteiger partial charge in [0.25, 0.3) is 0 Å². The summed E-state index contributed by atoms with van der Waals surface area (Å²) >= 11 is 6.20. The summed E-state index contributed by atoms with van der Waals surface area (Å²) in [5.74, 6) is -0.680. The van der Waals surface area contributed by atoms with Crippen molar-refractivity contribution in [2.45, 2.75) is 12.8 Å². The summed E-state index contributed by atoms with van der Waals surface area (Å²) in [7, 11) is 0. The van der Waals surface area contributed by atoms with Gasteiger partial charge in [0.2, 0.25) is 5.91 Å². The third-order valence-electron chi connectivity index (χ3n) is 2.78. The summed E-state index contributed by atoms with van der Waals surface area (Å²) in [6.45, 7) is 1.77. The molecule has 0 saturated heterocycles. The second-order valence-corrected chi connectivity index (χ2v) is 4.33. The predicted octanol–water partition coefficient (Wildman–Crippen LogP) is 2.72. The summed E-state index contributed by atoms with van der Waals surface area (Å²) in [5.41, 5.74) is 6.98. The fraction of sp³-hybridized carbons (Fsp3) is 0.154. The summed E-state index contributed by atoms with van der Waals surface area (Å²) in [5, 5.41) is 0.604. The van der Waals surface area contributed by atoms with E-state index in [1.165, 1.54) is 0 Å². The Kier molecular flexibility index (Phi) is 3.20. The Hall–Kier alpha value is -1.74. The highest BCUT2D eigenvalue weighted by molar-refractivity contribution is 6.32. The number of carbonyl (C=O) groups excluding carboxylic acids is 1. The summed E-state index contributed by atoms with van der Waals surface area (Å²) in [6, 6.07) is 9.40. The van der Waals surface area contributed by atoms with Crippen LogP contribution in [0.25, 0.3) is 5.69 Å². The van der Waals surface area contributed by atoms with E-state index in [-0.39, 0.29) is 11.8 Å². The van der Waals surface area contributed by atoms with Crippen LogP contribution < -0.4 is 5.73 Å². The lowest BCUT2D eigenvalue weighted by atomic mass is 10.0. The Morgan fingerprint density at radius 3 is 2.53 bits per heavy atom. The third kappa shape index (κ3) is 2.34. The van der Waals surface area contributed by atoms with Crippen molar-refractivity contribution in [3.05, 3.63) is 53.3 Å². The van der Waals surface area contributed by atoms with E-state index >= 15 is 0 Å². The van der Waals surface area contributed by atoms with Crippen molar-refractivity contribution in [3.63, 3.8) is 0 Å². The van der Waals surface area contributed by atoms with E-state index in [1.807, 2.05) is 41.2 Å². The first-order chi connectivity index (χ1) is 8.09. The van der Waals surface area contributed by atoms with Gasteiger partial charge >= 0.3 is 0 Å². The minimum absolute atomic E-state index is 0.328. The maximum absolute atomic E-state index is 11.1. The lowest BCUT2D eigenvalue weighted by Gasteiger charge is -2.11. The van der Waals surface area contributed by atoms with E-state index in [9.17, 15) is 4.79 Å². The number of aromatic nitrogens is 1. The quantitative estimate of drug-likeness (QED) is 0.892. The molecular weight excluding hydrogens is 236 g/mol. The molecule has 1 amide bonds. The van der Waals surface area contributed by atoms with E-state index < -0.39 is 0 Å². The van der Waals surface area contributed by atoms with Gasteiger partial charge in [-0.15, -0.1) is 0 Å². The van der Waals surface area contributed by atoms with Gasteiger partial charge in [0, 0.05) is 12.4 Å². The van der Waals surface area contributed by atoms with E-state index in [1.54, 1.807) is 13.0 Å². The third-order valence-corrected chi connectivity index (χ3v) is 3.08. The van der Waals surface area contributed by atoms with Gasteiger partial charge < -0.3 is 10.3 Å². The van der Waals surface area contributed by atoms with Crippen molar-refractivity contribution in [2.24, 2.45) is 5.73 Å². The zero-order valence-electron chi connectivity index (χ0n) is 9.43. The number of halogens is 1. The average molecular weight is 249 g/mol. The van der Waals surface area contributed by atoms with Crippen LogP contribution in [-0.2, 0) is 4.79 Å². The summed E-state index contributed by atoms with van der Waals surface area (Å²) < 4.78 is 1.92. The number of hydrogen-bond acceptors (Lipinski definition) is 1. The number of nitrogens with two attached hydrogens (primary N) is 1. The second-order valence-electron chi connectivity index (χ2n) is 3.93. The monoisotopic (exact) mass is 248 g/mol. The molecule has 1 aromatic carbocycles. The number of carbonyl (C=O) groups is 1. The molecule has 0 saturated carbocycles. The largest absolute Gasteiger partial charge is 0.369 e. The fourth-order valence-electron chi connectivity index (χ4n) is 1.66. The average Bonchev–Trinajstić information content (AvgIpc) is 2.81. The van der Waals surface area contributed by atoms with E-state index in [0.717, 1.165) is 11.3 Å². The van der Waals surface area contributed by atoms with Crippen LogP contribution in [0.4, 0.5) is 0 Å². The number of primary amides is 1. The van der Waals surface area contributed by atoms with Gasteiger partial charge in [-0.25, -0.2) is 0 Å². The summed E-state index contributed by atoms with van der Waals surface area (Å²) in [4.78, 5) is 11.1. The Morgan fingerprint density at radius 1 is 1.35 bits per heavy atom.